The van der Waals surface area contributed by atoms with Crippen molar-refractivity contribution in [2.75, 3.05) is 13.7 Å². The van der Waals surface area contributed by atoms with Crippen molar-refractivity contribution in [1.29, 1.82) is 0 Å². The summed E-state index contributed by atoms with van der Waals surface area (Å²) in [6, 6.07) is 1.54. The Kier molecular flexibility index (Phi) is 4.33. The summed E-state index contributed by atoms with van der Waals surface area (Å²) in [4.78, 5) is 13.0. The molecule has 0 spiro atoms. The lowest BCUT2D eigenvalue weighted by atomic mass is 10.4. The van der Waals surface area contributed by atoms with Gasteiger partial charge in [-0.05, 0) is 22.9 Å². The minimum atomic E-state index is -3.80. The summed E-state index contributed by atoms with van der Waals surface area (Å²) in [5, 5.41) is 19.3. The molecule has 0 aliphatic heterocycles. The Labute approximate surface area is 104 Å². The van der Waals surface area contributed by atoms with Crippen LogP contribution in [0.1, 0.15) is 6.92 Å². The predicted molar refractivity (Wildman–Crippen MR) is 62.4 cm³/mol. The van der Waals surface area contributed by atoms with Crippen LogP contribution in [0.2, 0.25) is 0 Å². The first-order chi connectivity index (χ1) is 8.30. The second kappa shape index (κ2) is 5.38. The highest BCUT2D eigenvalue weighted by atomic mass is 32.2. The first-order valence-electron chi connectivity index (χ1n) is 5.00. The quantitative estimate of drug-likeness (QED) is 0.597. The number of aromatic nitrogens is 1. The number of rotatable bonds is 5. The molecule has 9 heteroatoms. The van der Waals surface area contributed by atoms with Gasteiger partial charge in [0.15, 0.2) is 6.20 Å². The zero-order valence-electron chi connectivity index (χ0n) is 9.85. The summed E-state index contributed by atoms with van der Waals surface area (Å²) in [7, 11) is -2.49. The van der Waals surface area contributed by atoms with E-state index in [0.29, 0.717) is 0 Å². The molecule has 1 heterocycles. The van der Waals surface area contributed by atoms with Gasteiger partial charge < -0.3 is 15.2 Å². The molecule has 18 heavy (non-hydrogen) atoms. The lowest BCUT2D eigenvalue weighted by molar-refractivity contribution is -0.389. The largest absolute Gasteiger partial charge is 0.395 e. The number of likely N-dealkylation sites (N-methyl/N-ethyl adjacent to an activating group) is 1. The van der Waals surface area contributed by atoms with Crippen LogP contribution in [0.3, 0.4) is 0 Å². The summed E-state index contributed by atoms with van der Waals surface area (Å²) in [6.45, 7) is 1.21. The van der Waals surface area contributed by atoms with Crippen molar-refractivity contribution in [3.63, 3.8) is 0 Å². The number of aliphatic hydroxyl groups is 1. The van der Waals surface area contributed by atoms with Crippen LogP contribution in [0.5, 0.6) is 0 Å². The summed E-state index contributed by atoms with van der Waals surface area (Å²) in [5.74, 6) is -0.424. The van der Waals surface area contributed by atoms with Gasteiger partial charge in [-0.1, -0.05) is 0 Å². The van der Waals surface area contributed by atoms with E-state index in [1.54, 1.807) is 0 Å². The van der Waals surface area contributed by atoms with Gasteiger partial charge >= 0.3 is 5.82 Å². The number of hydrogen-bond acceptors (Lipinski definition) is 6. The van der Waals surface area contributed by atoms with Gasteiger partial charge in [0.05, 0.1) is 6.61 Å². The predicted octanol–water partition coefficient (Wildman–Crippen LogP) is -0.00890. The van der Waals surface area contributed by atoms with Crippen LogP contribution >= 0.6 is 0 Å². The molecule has 0 radical (unpaired) electrons. The molecular formula is C9H13N3O5S. The average Bonchev–Trinajstić information content (AvgIpc) is 2.36. The van der Waals surface area contributed by atoms with Crippen LogP contribution in [0.15, 0.2) is 23.2 Å². The molecule has 0 aromatic carbocycles. The van der Waals surface area contributed by atoms with Gasteiger partial charge in [-0.3, -0.25) is 0 Å². The number of sulfonamides is 1. The number of hydrogen-bond donors (Lipinski definition) is 1. The molecule has 1 aromatic rings. The molecule has 0 amide bonds. The Morgan fingerprint density at radius 2 is 2.17 bits per heavy atom. The van der Waals surface area contributed by atoms with Gasteiger partial charge in [-0.2, -0.15) is 4.31 Å². The fraction of sp³-hybridized carbons (Fsp3) is 0.444. The number of pyridine rings is 1. The first kappa shape index (κ1) is 14.5. The zero-order chi connectivity index (χ0) is 13.9. The molecule has 0 bridgehead atoms. The Hall–Kier alpha value is -1.58. The van der Waals surface area contributed by atoms with Gasteiger partial charge in [0, 0.05) is 19.2 Å². The van der Waals surface area contributed by atoms with Gasteiger partial charge in [0.25, 0.3) is 0 Å². The molecule has 8 nitrogen and oxygen atoms in total. The van der Waals surface area contributed by atoms with Crippen molar-refractivity contribution in [3.05, 3.63) is 28.4 Å². The van der Waals surface area contributed by atoms with Gasteiger partial charge in [0.2, 0.25) is 10.0 Å². The van der Waals surface area contributed by atoms with Gasteiger partial charge in [-0.25, -0.2) is 8.42 Å². The maximum absolute atomic E-state index is 12.0. The molecule has 0 aliphatic rings. The molecule has 1 aromatic heterocycles. The second-order valence-corrected chi connectivity index (χ2v) is 5.66. The van der Waals surface area contributed by atoms with Crippen molar-refractivity contribution >= 4 is 15.8 Å². The van der Waals surface area contributed by atoms with Crippen molar-refractivity contribution < 1.29 is 18.4 Å². The van der Waals surface area contributed by atoms with E-state index in [9.17, 15) is 18.5 Å². The molecule has 1 N–H and O–H groups in total. The standard InChI is InChI=1S/C9H13N3O5S/c1-7(6-13)11(2)18(16,17)8-3-4-9(10-5-8)12(14)15/h3-5,7,13H,6H2,1-2H3. The highest BCUT2D eigenvalue weighted by Gasteiger charge is 2.26. The van der Waals surface area contributed by atoms with Crippen LogP contribution in [-0.4, -0.2) is 47.4 Å². The van der Waals surface area contributed by atoms with Gasteiger partial charge in [-0.15, -0.1) is 0 Å². The third-order valence-electron chi connectivity index (χ3n) is 2.47. The minimum absolute atomic E-state index is 0.157. The summed E-state index contributed by atoms with van der Waals surface area (Å²) < 4.78 is 25.0. The third kappa shape index (κ3) is 2.81. The summed E-state index contributed by atoms with van der Waals surface area (Å²) in [6.07, 6.45) is 0.925. The van der Waals surface area contributed by atoms with Crippen molar-refractivity contribution in [2.24, 2.45) is 0 Å². The van der Waals surface area contributed by atoms with E-state index in [2.05, 4.69) is 4.98 Å². The van der Waals surface area contributed by atoms with E-state index in [-0.39, 0.29) is 11.5 Å². The summed E-state index contributed by atoms with van der Waals surface area (Å²) in [5.41, 5.74) is 0. The normalized spacial score (nSPS) is 13.6. The fourth-order valence-electron chi connectivity index (χ4n) is 1.15. The van der Waals surface area contributed by atoms with E-state index >= 15 is 0 Å². The number of aliphatic hydroxyl groups excluding tert-OH is 1. The Balaban J connectivity index is 3.09. The summed E-state index contributed by atoms with van der Waals surface area (Å²) >= 11 is 0. The maximum Gasteiger partial charge on any atom is 0.363 e. The van der Waals surface area contributed by atoms with E-state index in [1.165, 1.54) is 14.0 Å². The van der Waals surface area contributed by atoms with Crippen molar-refractivity contribution in [3.8, 4) is 0 Å². The van der Waals surface area contributed by atoms with Crippen LogP contribution in [0.25, 0.3) is 0 Å². The first-order valence-corrected chi connectivity index (χ1v) is 6.44. The van der Waals surface area contributed by atoms with Crippen LogP contribution in [0.4, 0.5) is 5.82 Å². The molecule has 1 atom stereocenters. The smallest absolute Gasteiger partial charge is 0.363 e. The monoisotopic (exact) mass is 275 g/mol. The molecule has 0 saturated heterocycles. The van der Waals surface area contributed by atoms with E-state index in [1.807, 2.05) is 0 Å². The highest BCUT2D eigenvalue weighted by molar-refractivity contribution is 7.89. The number of nitrogens with zero attached hydrogens (tertiary/aromatic N) is 3. The number of nitro groups is 1. The SMILES string of the molecule is CC(CO)N(C)S(=O)(=O)c1ccc([N+](=O)[O-])nc1. The van der Waals surface area contributed by atoms with Crippen molar-refractivity contribution in [2.45, 2.75) is 17.9 Å². The van der Waals surface area contributed by atoms with E-state index < -0.39 is 26.8 Å². The Morgan fingerprint density at radius 3 is 2.56 bits per heavy atom. The molecule has 1 rings (SSSR count). The Morgan fingerprint density at radius 1 is 1.56 bits per heavy atom. The zero-order valence-corrected chi connectivity index (χ0v) is 10.7. The van der Waals surface area contributed by atoms with E-state index in [4.69, 9.17) is 5.11 Å². The van der Waals surface area contributed by atoms with Crippen LogP contribution in [0, 0.1) is 10.1 Å². The molecule has 100 valence electrons. The topological polar surface area (TPSA) is 114 Å². The average molecular weight is 275 g/mol. The Bertz CT molecular complexity index is 528. The third-order valence-corrected chi connectivity index (χ3v) is 4.43. The van der Waals surface area contributed by atoms with Gasteiger partial charge in [0.1, 0.15) is 4.90 Å². The lowest BCUT2D eigenvalue weighted by Gasteiger charge is -2.21. The van der Waals surface area contributed by atoms with E-state index in [0.717, 1.165) is 22.6 Å². The minimum Gasteiger partial charge on any atom is -0.395 e. The maximum atomic E-state index is 12.0. The molecule has 0 aliphatic carbocycles. The van der Waals surface area contributed by atoms with Crippen LogP contribution in [-0.2, 0) is 10.0 Å². The molecule has 1 unspecified atom stereocenters. The second-order valence-electron chi connectivity index (χ2n) is 3.66. The highest BCUT2D eigenvalue weighted by Crippen LogP contribution is 2.17. The van der Waals surface area contributed by atoms with Crippen LogP contribution < -0.4 is 0 Å². The molecular weight excluding hydrogens is 262 g/mol. The lowest BCUT2D eigenvalue weighted by Crippen LogP contribution is -2.37. The van der Waals surface area contributed by atoms with Crippen molar-refractivity contribution in [1.82, 2.24) is 9.29 Å². The molecule has 0 saturated carbocycles. The molecule has 0 fully saturated rings. The fourth-order valence-corrected chi connectivity index (χ4v) is 2.45.